The Hall–Kier alpha value is -4.90. The van der Waals surface area contributed by atoms with E-state index in [1.165, 1.54) is 32.1 Å². The van der Waals surface area contributed by atoms with Crippen molar-refractivity contribution in [1.29, 1.82) is 0 Å². The number of carbonyl (C=O) groups is 4. The van der Waals surface area contributed by atoms with Crippen LogP contribution in [-0.4, -0.2) is 353 Å². The van der Waals surface area contributed by atoms with E-state index < -0.39 is 17.4 Å². The second kappa shape index (κ2) is 93.7. The van der Waals surface area contributed by atoms with Gasteiger partial charge in [-0.05, 0) is 43.2 Å². The average molecular weight is 1750 g/mol. The summed E-state index contributed by atoms with van der Waals surface area (Å²) in [5.41, 5.74) is 0.461. The van der Waals surface area contributed by atoms with Gasteiger partial charge in [0.15, 0.2) is 0 Å². The third-order valence-corrected chi connectivity index (χ3v) is 17.9. The van der Waals surface area contributed by atoms with Crippen molar-refractivity contribution < 1.29 is 147 Å². The summed E-state index contributed by atoms with van der Waals surface area (Å²) >= 11 is 0. The van der Waals surface area contributed by atoms with E-state index in [9.17, 15) is 19.2 Å². The van der Waals surface area contributed by atoms with E-state index in [1.807, 2.05) is 66.7 Å². The minimum atomic E-state index is -1.38. The molecular weight excluding hydrogens is 1590 g/mol. The molecule has 0 heterocycles. The van der Waals surface area contributed by atoms with Crippen molar-refractivity contribution in [2.45, 2.75) is 142 Å². The topological polar surface area (TPSA) is 341 Å². The molecule has 0 unspecified atom stereocenters. The van der Waals surface area contributed by atoms with Gasteiger partial charge in [-0.15, -0.1) is 0 Å². The molecule has 0 bridgehead atoms. The van der Waals surface area contributed by atoms with Gasteiger partial charge in [-0.1, -0.05) is 157 Å². The molecule has 0 saturated carbocycles. The summed E-state index contributed by atoms with van der Waals surface area (Å²) in [7, 11) is 0. The molecule has 0 aliphatic heterocycles. The standard InChI is InChI=1S/C90H157NO31/c1-2-3-4-5-6-8-11-14-23-31-90(89(96)122-83-85-27-20-17-21-28-85,32-24-15-12-9-7-10-13-22-29-87(94)121-82-84-25-18-16-19-26-84)88(95)91-33-35-98-37-39-100-41-43-102-45-47-104-49-51-106-53-55-108-57-59-110-61-63-112-65-67-114-69-71-116-73-75-118-77-79-120-81-80-119-78-76-117-74-72-115-70-68-113-66-64-111-62-60-109-58-56-107-54-52-105-50-48-103-46-44-101-42-40-99-38-36-97-34-30-86(92)93/h15-21,24-28H,2-14,22-23,29-83H2,1H3,(H,91,95)(H,92,93)/b24-15+/t90-/m0/s1. The summed E-state index contributed by atoms with van der Waals surface area (Å²) in [4.78, 5) is 51.3. The van der Waals surface area contributed by atoms with E-state index >= 15 is 0 Å². The van der Waals surface area contributed by atoms with Crippen LogP contribution in [0.4, 0.5) is 0 Å². The maximum atomic E-state index is 14.3. The number of benzene rings is 2. The van der Waals surface area contributed by atoms with Crippen molar-refractivity contribution >= 4 is 23.8 Å². The maximum absolute atomic E-state index is 14.3. The number of carbonyl (C=O) groups excluding carboxylic acids is 3. The Morgan fingerprint density at radius 3 is 0.836 bits per heavy atom. The lowest BCUT2D eigenvalue weighted by atomic mass is 9.78. The van der Waals surface area contributed by atoms with Crippen molar-refractivity contribution in [3.05, 3.63) is 83.9 Å². The van der Waals surface area contributed by atoms with Gasteiger partial charge in [0, 0.05) is 13.0 Å². The number of esters is 2. The number of carboxylic acids is 1. The highest BCUT2D eigenvalue weighted by Gasteiger charge is 2.46. The number of carboxylic acid groups (broad SMARTS) is 1. The van der Waals surface area contributed by atoms with Crippen molar-refractivity contribution in [3.63, 3.8) is 0 Å². The smallest absolute Gasteiger partial charge is 0.322 e. The van der Waals surface area contributed by atoms with Crippen molar-refractivity contribution in [2.24, 2.45) is 5.41 Å². The molecule has 2 N–H and O–H groups in total. The van der Waals surface area contributed by atoms with Crippen LogP contribution in [0.5, 0.6) is 0 Å². The average Bonchev–Trinajstić information content (AvgIpc) is 0.806. The minimum absolute atomic E-state index is 0.0135. The second-order valence-electron chi connectivity index (χ2n) is 27.9. The molecule has 708 valence electrons. The number of amides is 1. The Balaban J connectivity index is 1.29. The molecule has 0 aliphatic rings. The molecule has 2 aromatic rings. The quantitative estimate of drug-likeness (QED) is 0.0269. The second-order valence-corrected chi connectivity index (χ2v) is 27.9. The Labute approximate surface area is 728 Å². The molecule has 32 nitrogen and oxygen atoms in total. The van der Waals surface area contributed by atoms with Gasteiger partial charge in [-0.2, -0.15) is 0 Å². The highest BCUT2D eigenvalue weighted by atomic mass is 16.6. The lowest BCUT2D eigenvalue weighted by molar-refractivity contribution is -0.163. The van der Waals surface area contributed by atoms with Crippen LogP contribution in [0.15, 0.2) is 72.8 Å². The third kappa shape index (κ3) is 79.7. The van der Waals surface area contributed by atoms with E-state index in [4.69, 9.17) is 128 Å². The number of rotatable bonds is 101. The SMILES string of the molecule is CCCCCCCCCCC[C@](C/C=C/CCCCCCCC(=O)OCc1ccccc1)(C(=O)NCCOCCOCCOCCOCCOCCOCCOCCOCCOCCOCCOCCOCCOCCOCCOCCOCCOCCOCCOCCOCCOCCOCCOCCOCCC(=O)O)C(=O)OCc1ccccc1. The lowest BCUT2D eigenvalue weighted by Crippen LogP contribution is -2.48. The summed E-state index contributed by atoms with van der Waals surface area (Å²) in [6.45, 7) is 24.1. The van der Waals surface area contributed by atoms with Crippen LogP contribution < -0.4 is 5.32 Å². The van der Waals surface area contributed by atoms with Gasteiger partial charge in [0.25, 0.3) is 0 Å². The molecule has 0 saturated heterocycles. The van der Waals surface area contributed by atoms with Crippen LogP contribution in [-0.2, 0) is 156 Å². The van der Waals surface area contributed by atoms with Crippen LogP contribution in [0.3, 0.4) is 0 Å². The number of hydrogen-bond donors (Lipinski definition) is 2. The fraction of sp³-hybridized carbons (Fsp3) is 0.800. The minimum Gasteiger partial charge on any atom is -0.481 e. The van der Waals surface area contributed by atoms with Gasteiger partial charge in [-0.3, -0.25) is 19.2 Å². The van der Waals surface area contributed by atoms with Crippen LogP contribution in [0.25, 0.3) is 0 Å². The van der Waals surface area contributed by atoms with Gasteiger partial charge in [0.2, 0.25) is 5.91 Å². The highest BCUT2D eigenvalue weighted by molar-refractivity contribution is 6.03. The first kappa shape index (κ1) is 113. The lowest BCUT2D eigenvalue weighted by Gasteiger charge is -2.30. The van der Waals surface area contributed by atoms with Gasteiger partial charge < -0.3 is 134 Å². The molecule has 122 heavy (non-hydrogen) atoms. The number of nitrogens with one attached hydrogen (secondary N) is 1. The van der Waals surface area contributed by atoms with Gasteiger partial charge >= 0.3 is 17.9 Å². The fourth-order valence-corrected chi connectivity index (χ4v) is 11.2. The third-order valence-electron chi connectivity index (χ3n) is 17.9. The van der Waals surface area contributed by atoms with Crippen LogP contribution in [0, 0.1) is 5.41 Å². The van der Waals surface area contributed by atoms with Gasteiger partial charge in [0.1, 0.15) is 18.6 Å². The summed E-state index contributed by atoms with van der Waals surface area (Å²) < 4.78 is 144. The molecule has 0 aliphatic carbocycles. The monoisotopic (exact) mass is 1750 g/mol. The Morgan fingerprint density at radius 1 is 0.287 bits per heavy atom. The zero-order chi connectivity index (χ0) is 87.0. The van der Waals surface area contributed by atoms with Crippen LogP contribution in [0.1, 0.15) is 140 Å². The highest BCUT2D eigenvalue weighted by Crippen LogP contribution is 2.34. The number of ether oxygens (including phenoxy) is 26. The molecule has 2 aromatic carbocycles. The van der Waals surface area contributed by atoms with E-state index in [0.717, 1.165) is 75.3 Å². The molecule has 0 radical (unpaired) electrons. The van der Waals surface area contributed by atoms with Crippen molar-refractivity contribution in [3.8, 4) is 0 Å². The van der Waals surface area contributed by atoms with Crippen molar-refractivity contribution in [1.82, 2.24) is 5.32 Å². The molecule has 32 heteroatoms. The maximum Gasteiger partial charge on any atom is 0.322 e. The molecular formula is C90H157NO31. The Bertz CT molecular complexity index is 2540. The zero-order valence-corrected chi connectivity index (χ0v) is 74.1. The first-order valence-electron chi connectivity index (χ1n) is 44.8. The predicted molar refractivity (Wildman–Crippen MR) is 458 cm³/mol. The normalized spacial score (nSPS) is 12.1. The first-order chi connectivity index (χ1) is 60.4. The molecule has 1 amide bonds. The summed E-state index contributed by atoms with van der Waals surface area (Å²) in [5, 5.41) is 11.6. The van der Waals surface area contributed by atoms with Gasteiger partial charge in [-0.25, -0.2) is 0 Å². The van der Waals surface area contributed by atoms with E-state index in [-0.39, 0.29) is 51.1 Å². The first-order valence-corrected chi connectivity index (χ1v) is 44.8. The molecule has 1 atom stereocenters. The molecule has 0 fully saturated rings. The Morgan fingerprint density at radius 2 is 0.541 bits per heavy atom. The largest absolute Gasteiger partial charge is 0.481 e. The molecule has 0 aromatic heterocycles. The van der Waals surface area contributed by atoms with Crippen LogP contribution in [0.2, 0.25) is 0 Å². The van der Waals surface area contributed by atoms with Crippen molar-refractivity contribution in [2.75, 3.05) is 324 Å². The number of unbranched alkanes of at least 4 members (excludes halogenated alkanes) is 13. The summed E-state index contributed by atoms with van der Waals surface area (Å²) in [6.07, 6.45) is 20.8. The number of aliphatic carboxylic acids is 1. The summed E-state index contributed by atoms with van der Waals surface area (Å²) in [6, 6.07) is 19.3. The van der Waals surface area contributed by atoms with Crippen LogP contribution >= 0.6 is 0 Å². The van der Waals surface area contributed by atoms with E-state index in [0.29, 0.717) is 323 Å². The molecule has 0 spiro atoms. The fourth-order valence-electron chi connectivity index (χ4n) is 11.2. The predicted octanol–water partition coefficient (Wildman–Crippen LogP) is 10.0. The number of allylic oxidation sites excluding steroid dienone is 2. The molecule has 2 rings (SSSR count). The van der Waals surface area contributed by atoms with E-state index in [2.05, 4.69) is 18.3 Å². The van der Waals surface area contributed by atoms with Gasteiger partial charge in [0.05, 0.1) is 324 Å². The Kier molecular flexibility index (Phi) is 86.9. The summed E-state index contributed by atoms with van der Waals surface area (Å²) in [5.74, 6) is -1.90. The number of hydrogen-bond acceptors (Lipinski definition) is 30. The van der Waals surface area contributed by atoms with E-state index in [1.54, 1.807) is 0 Å². The zero-order valence-electron chi connectivity index (χ0n) is 74.1.